The van der Waals surface area contributed by atoms with E-state index in [9.17, 15) is 4.79 Å². The lowest BCUT2D eigenvalue weighted by molar-refractivity contribution is 0.0816. The molecule has 0 aromatic carbocycles. The van der Waals surface area contributed by atoms with Crippen molar-refractivity contribution in [2.75, 3.05) is 14.1 Å². The highest BCUT2D eigenvalue weighted by atomic mass is 16.2. The van der Waals surface area contributed by atoms with Gasteiger partial charge in [-0.1, -0.05) is 0 Å². The first-order valence-corrected chi connectivity index (χ1v) is 3.22. The van der Waals surface area contributed by atoms with E-state index in [0.717, 1.165) is 0 Å². The Hall–Kier alpha value is -1.39. The number of aryl methyl sites for hydroxylation is 1. The lowest BCUT2D eigenvalue weighted by atomic mass is 10.5. The third-order valence-electron chi connectivity index (χ3n) is 1.19. The first-order valence-electron chi connectivity index (χ1n) is 3.22. The second-order valence-electron chi connectivity index (χ2n) is 2.44. The van der Waals surface area contributed by atoms with Crippen molar-refractivity contribution in [3.05, 3.63) is 11.6 Å². The van der Waals surface area contributed by atoms with Gasteiger partial charge in [-0.25, -0.2) is 4.98 Å². The molecule has 1 heterocycles. The molecule has 5 heteroatoms. The second kappa shape index (κ2) is 2.69. The average molecular weight is 154 g/mol. The molecule has 0 aliphatic heterocycles. The maximum absolute atomic E-state index is 11.1. The monoisotopic (exact) mass is 154 g/mol. The van der Waals surface area contributed by atoms with Crippen LogP contribution in [-0.4, -0.2) is 40.1 Å². The van der Waals surface area contributed by atoms with Crippen molar-refractivity contribution in [1.82, 2.24) is 20.1 Å². The van der Waals surface area contributed by atoms with Gasteiger partial charge >= 0.3 is 0 Å². The van der Waals surface area contributed by atoms with Gasteiger partial charge in [-0.3, -0.25) is 9.89 Å². The van der Waals surface area contributed by atoms with Crippen LogP contribution in [0.15, 0.2) is 0 Å². The molecule has 1 N–H and O–H groups in total. The maximum Gasteiger partial charge on any atom is 0.293 e. The Morgan fingerprint density at radius 1 is 1.55 bits per heavy atom. The van der Waals surface area contributed by atoms with Crippen LogP contribution < -0.4 is 0 Å². The fourth-order valence-corrected chi connectivity index (χ4v) is 0.638. The van der Waals surface area contributed by atoms with E-state index in [1.54, 1.807) is 21.0 Å². The molecule has 0 bridgehead atoms. The van der Waals surface area contributed by atoms with Crippen LogP contribution in [0.1, 0.15) is 16.4 Å². The Labute approximate surface area is 64.4 Å². The third-order valence-corrected chi connectivity index (χ3v) is 1.19. The van der Waals surface area contributed by atoms with Crippen LogP contribution in [0.5, 0.6) is 0 Å². The van der Waals surface area contributed by atoms with Crippen LogP contribution in [0.2, 0.25) is 0 Å². The zero-order chi connectivity index (χ0) is 8.43. The summed E-state index contributed by atoms with van der Waals surface area (Å²) in [6.07, 6.45) is 0. The fraction of sp³-hybridized carbons (Fsp3) is 0.500. The molecule has 0 aliphatic rings. The van der Waals surface area contributed by atoms with Crippen LogP contribution >= 0.6 is 0 Å². The van der Waals surface area contributed by atoms with E-state index in [0.29, 0.717) is 5.82 Å². The zero-order valence-electron chi connectivity index (χ0n) is 6.75. The quantitative estimate of drug-likeness (QED) is 0.610. The van der Waals surface area contributed by atoms with Gasteiger partial charge in [-0.15, -0.1) is 5.10 Å². The van der Waals surface area contributed by atoms with Crippen molar-refractivity contribution < 1.29 is 4.79 Å². The van der Waals surface area contributed by atoms with Crippen molar-refractivity contribution in [1.29, 1.82) is 0 Å². The molecule has 0 fully saturated rings. The normalized spacial score (nSPS) is 9.73. The molecule has 0 atom stereocenters. The highest BCUT2D eigenvalue weighted by molar-refractivity contribution is 5.89. The predicted octanol–water partition coefficient (Wildman–Crippen LogP) is -0.185. The summed E-state index contributed by atoms with van der Waals surface area (Å²) in [7, 11) is 3.32. The lowest BCUT2D eigenvalue weighted by Gasteiger charge is -2.04. The Morgan fingerprint density at radius 3 is 2.55 bits per heavy atom. The first kappa shape index (κ1) is 7.71. The van der Waals surface area contributed by atoms with Crippen molar-refractivity contribution in [2.24, 2.45) is 0 Å². The molecular weight excluding hydrogens is 144 g/mol. The summed E-state index contributed by atoms with van der Waals surface area (Å²) in [4.78, 5) is 16.4. The molecule has 60 valence electrons. The molecule has 0 aliphatic carbocycles. The summed E-state index contributed by atoms with van der Waals surface area (Å²) < 4.78 is 0. The number of carbonyl (C=O) groups excluding carboxylic acids is 1. The van der Waals surface area contributed by atoms with Crippen LogP contribution in [0.25, 0.3) is 0 Å². The van der Waals surface area contributed by atoms with E-state index >= 15 is 0 Å². The van der Waals surface area contributed by atoms with Crippen molar-refractivity contribution in [3.63, 3.8) is 0 Å². The number of hydrogen-bond acceptors (Lipinski definition) is 3. The molecule has 0 unspecified atom stereocenters. The summed E-state index contributed by atoms with van der Waals surface area (Å²) in [6.45, 7) is 1.75. The number of rotatable bonds is 1. The standard InChI is InChI=1S/C6H10N4O/c1-4-7-5(9-8-4)6(11)10(2)3/h1-3H3,(H,7,8,9). The molecule has 5 nitrogen and oxygen atoms in total. The number of aromatic nitrogens is 3. The fourth-order valence-electron chi connectivity index (χ4n) is 0.638. The van der Waals surface area contributed by atoms with Gasteiger partial charge in [0.2, 0.25) is 5.82 Å². The number of hydrogen-bond donors (Lipinski definition) is 1. The SMILES string of the molecule is Cc1nc(C(=O)N(C)C)n[nH]1. The molecule has 11 heavy (non-hydrogen) atoms. The van der Waals surface area contributed by atoms with E-state index in [1.807, 2.05) is 0 Å². The van der Waals surface area contributed by atoms with Gasteiger partial charge in [0.15, 0.2) is 0 Å². The maximum atomic E-state index is 11.1. The highest BCUT2D eigenvalue weighted by Gasteiger charge is 2.11. The Bertz CT molecular complexity index is 265. The summed E-state index contributed by atoms with van der Waals surface area (Å²) in [5, 5.41) is 6.31. The smallest absolute Gasteiger partial charge is 0.293 e. The van der Waals surface area contributed by atoms with E-state index in [-0.39, 0.29) is 11.7 Å². The number of aromatic amines is 1. The molecule has 1 aromatic rings. The third kappa shape index (κ3) is 1.54. The van der Waals surface area contributed by atoms with E-state index in [4.69, 9.17) is 0 Å². The van der Waals surface area contributed by atoms with E-state index < -0.39 is 0 Å². The number of nitrogens with zero attached hydrogens (tertiary/aromatic N) is 3. The molecule has 1 aromatic heterocycles. The van der Waals surface area contributed by atoms with E-state index in [1.165, 1.54) is 4.90 Å². The van der Waals surface area contributed by atoms with Gasteiger partial charge in [0.1, 0.15) is 5.82 Å². The van der Waals surface area contributed by atoms with Crippen LogP contribution in [0, 0.1) is 6.92 Å². The van der Waals surface area contributed by atoms with E-state index in [2.05, 4.69) is 15.2 Å². The van der Waals surface area contributed by atoms with Crippen LogP contribution in [0.3, 0.4) is 0 Å². The predicted molar refractivity (Wildman–Crippen MR) is 39.1 cm³/mol. The molecule has 1 rings (SSSR count). The topological polar surface area (TPSA) is 61.9 Å². The zero-order valence-corrected chi connectivity index (χ0v) is 6.75. The second-order valence-corrected chi connectivity index (χ2v) is 2.44. The first-order chi connectivity index (χ1) is 5.11. The van der Waals surface area contributed by atoms with Gasteiger partial charge in [-0.2, -0.15) is 0 Å². The summed E-state index contributed by atoms with van der Waals surface area (Å²) in [5.41, 5.74) is 0. The van der Waals surface area contributed by atoms with Crippen LogP contribution in [0.4, 0.5) is 0 Å². The number of carbonyl (C=O) groups is 1. The minimum Gasteiger partial charge on any atom is -0.342 e. The molecular formula is C6H10N4O. The average Bonchev–Trinajstić information content (AvgIpc) is 2.34. The van der Waals surface area contributed by atoms with Gasteiger partial charge in [0, 0.05) is 14.1 Å². The number of nitrogens with one attached hydrogen (secondary N) is 1. The molecule has 0 spiro atoms. The minimum absolute atomic E-state index is 0.186. The van der Waals surface area contributed by atoms with Gasteiger partial charge < -0.3 is 4.90 Å². The number of amides is 1. The highest BCUT2D eigenvalue weighted by Crippen LogP contribution is 1.93. The molecule has 0 saturated heterocycles. The molecule has 1 amide bonds. The largest absolute Gasteiger partial charge is 0.342 e. The number of H-pyrrole nitrogens is 1. The summed E-state index contributed by atoms with van der Waals surface area (Å²) >= 11 is 0. The van der Waals surface area contributed by atoms with Gasteiger partial charge in [0.25, 0.3) is 5.91 Å². The van der Waals surface area contributed by atoms with Crippen molar-refractivity contribution >= 4 is 5.91 Å². The molecule has 0 saturated carbocycles. The molecule has 0 radical (unpaired) electrons. The van der Waals surface area contributed by atoms with Gasteiger partial charge in [0.05, 0.1) is 0 Å². The van der Waals surface area contributed by atoms with Gasteiger partial charge in [-0.05, 0) is 6.92 Å². The summed E-state index contributed by atoms with van der Waals surface area (Å²) in [6, 6.07) is 0. The Morgan fingerprint density at radius 2 is 2.18 bits per heavy atom. The lowest BCUT2D eigenvalue weighted by Crippen LogP contribution is -2.22. The Kier molecular flexibility index (Phi) is 1.89. The van der Waals surface area contributed by atoms with Crippen LogP contribution in [-0.2, 0) is 0 Å². The van der Waals surface area contributed by atoms with Crippen molar-refractivity contribution in [3.8, 4) is 0 Å². The minimum atomic E-state index is -0.186. The van der Waals surface area contributed by atoms with Crippen molar-refractivity contribution in [2.45, 2.75) is 6.92 Å². The summed E-state index contributed by atoms with van der Waals surface area (Å²) in [5.74, 6) is 0.678. The Balaban J connectivity index is 2.85.